The molecule has 2 aromatic carbocycles. The highest BCUT2D eigenvalue weighted by atomic mass is 32.1. The summed E-state index contributed by atoms with van der Waals surface area (Å²) < 4.78 is 25.3. The monoisotopic (exact) mass is 493 g/mol. The summed E-state index contributed by atoms with van der Waals surface area (Å²) in [5.41, 5.74) is 5.23. The SMILES string of the molecule is COc1cc(F)ccc1-c1ccc2c(c1COC(=O)c1ccc(C(C)(C)C)s1)C(C)=CC(C)(C)N2. The van der Waals surface area contributed by atoms with Gasteiger partial charge in [-0.05, 0) is 67.7 Å². The summed E-state index contributed by atoms with van der Waals surface area (Å²) in [5, 5.41) is 3.56. The summed E-state index contributed by atoms with van der Waals surface area (Å²) in [6, 6.07) is 12.3. The van der Waals surface area contributed by atoms with Crippen molar-refractivity contribution in [3.05, 3.63) is 75.2 Å². The van der Waals surface area contributed by atoms with E-state index in [1.807, 2.05) is 24.3 Å². The average molecular weight is 494 g/mol. The van der Waals surface area contributed by atoms with Crippen molar-refractivity contribution >= 4 is 28.6 Å². The maximum atomic E-state index is 13.9. The number of esters is 1. The van der Waals surface area contributed by atoms with Crippen LogP contribution in [0.15, 0.2) is 48.5 Å². The highest BCUT2D eigenvalue weighted by Gasteiger charge is 2.28. The number of allylic oxidation sites excluding steroid dienone is 1. The summed E-state index contributed by atoms with van der Waals surface area (Å²) in [7, 11) is 1.52. The van der Waals surface area contributed by atoms with Gasteiger partial charge < -0.3 is 14.8 Å². The predicted octanol–water partition coefficient (Wildman–Crippen LogP) is 7.82. The molecule has 0 radical (unpaired) electrons. The van der Waals surface area contributed by atoms with Gasteiger partial charge in [0.1, 0.15) is 23.1 Å². The lowest BCUT2D eigenvalue weighted by molar-refractivity contribution is 0.0479. The molecule has 0 aliphatic carbocycles. The number of ether oxygens (including phenoxy) is 2. The van der Waals surface area contributed by atoms with E-state index in [2.05, 4.69) is 52.9 Å². The molecule has 0 saturated carbocycles. The minimum absolute atomic E-state index is 0.0333. The molecule has 1 aliphatic rings. The number of carbonyl (C=O) groups is 1. The molecule has 2 heterocycles. The zero-order valence-corrected chi connectivity index (χ0v) is 22.2. The number of benzene rings is 2. The third-order valence-electron chi connectivity index (χ3n) is 6.09. The third-order valence-corrected chi connectivity index (χ3v) is 7.58. The first-order valence-electron chi connectivity index (χ1n) is 11.6. The molecule has 1 aromatic heterocycles. The highest BCUT2D eigenvalue weighted by Crippen LogP contribution is 2.43. The number of hydrogen-bond acceptors (Lipinski definition) is 5. The molecule has 0 saturated heterocycles. The molecule has 4 rings (SSSR count). The van der Waals surface area contributed by atoms with Crippen molar-refractivity contribution in [1.82, 2.24) is 0 Å². The summed E-state index contributed by atoms with van der Waals surface area (Å²) in [6.45, 7) is 12.7. The Morgan fingerprint density at radius 2 is 1.80 bits per heavy atom. The Kier molecular flexibility index (Phi) is 6.54. The number of hydrogen-bond donors (Lipinski definition) is 1. The summed E-state index contributed by atoms with van der Waals surface area (Å²) >= 11 is 1.46. The van der Waals surface area contributed by atoms with Crippen molar-refractivity contribution in [2.75, 3.05) is 12.4 Å². The van der Waals surface area contributed by atoms with Crippen LogP contribution in [0, 0.1) is 5.82 Å². The van der Waals surface area contributed by atoms with E-state index in [1.54, 1.807) is 6.07 Å². The first-order chi connectivity index (χ1) is 16.4. The fraction of sp³-hybridized carbons (Fsp3) is 0.345. The number of fused-ring (bicyclic) bond motifs is 1. The van der Waals surface area contributed by atoms with Crippen LogP contribution in [0.2, 0.25) is 0 Å². The first-order valence-corrected chi connectivity index (χ1v) is 12.5. The quantitative estimate of drug-likeness (QED) is 0.368. The Bertz CT molecular complexity index is 1310. The van der Waals surface area contributed by atoms with Gasteiger partial charge in [0.2, 0.25) is 0 Å². The fourth-order valence-corrected chi connectivity index (χ4v) is 5.51. The van der Waals surface area contributed by atoms with Crippen LogP contribution < -0.4 is 10.1 Å². The molecule has 0 atom stereocenters. The first kappa shape index (κ1) is 25.0. The number of anilines is 1. The van der Waals surface area contributed by atoms with Gasteiger partial charge in [0.15, 0.2) is 0 Å². The maximum Gasteiger partial charge on any atom is 0.348 e. The van der Waals surface area contributed by atoms with Crippen molar-refractivity contribution in [1.29, 1.82) is 0 Å². The zero-order valence-electron chi connectivity index (χ0n) is 21.3. The number of thiophene rings is 1. The molecular formula is C29H32FNO3S. The second-order valence-electron chi connectivity index (χ2n) is 10.5. The van der Waals surface area contributed by atoms with E-state index in [1.165, 1.54) is 30.6 Å². The van der Waals surface area contributed by atoms with Crippen LogP contribution >= 0.6 is 11.3 Å². The third kappa shape index (κ3) is 5.13. The van der Waals surface area contributed by atoms with Gasteiger partial charge in [-0.3, -0.25) is 0 Å². The molecule has 0 fully saturated rings. The van der Waals surface area contributed by atoms with E-state index in [0.717, 1.165) is 38.4 Å². The molecule has 0 spiro atoms. The largest absolute Gasteiger partial charge is 0.496 e. The standard InChI is InChI=1S/C29H32FNO3S/c1-17-15-29(5,6)31-22-11-10-19(20-9-8-18(30)14-23(20)33-7)21(26(17)22)16-34-27(32)24-12-13-25(35-24)28(2,3)4/h8-15,31H,16H2,1-7H3. The Labute approximate surface area is 210 Å². The van der Waals surface area contributed by atoms with E-state index in [0.29, 0.717) is 10.6 Å². The van der Waals surface area contributed by atoms with E-state index >= 15 is 0 Å². The van der Waals surface area contributed by atoms with E-state index in [4.69, 9.17) is 9.47 Å². The molecule has 1 N–H and O–H groups in total. The molecular weight excluding hydrogens is 461 g/mol. The van der Waals surface area contributed by atoms with Crippen LogP contribution in [0.25, 0.3) is 16.7 Å². The molecule has 0 bridgehead atoms. The minimum Gasteiger partial charge on any atom is -0.496 e. The second kappa shape index (κ2) is 9.15. The van der Waals surface area contributed by atoms with Gasteiger partial charge >= 0.3 is 5.97 Å². The molecule has 0 unspecified atom stereocenters. The van der Waals surface area contributed by atoms with Crippen molar-refractivity contribution in [3.63, 3.8) is 0 Å². The molecule has 1 aliphatic heterocycles. The Hall–Kier alpha value is -3.12. The van der Waals surface area contributed by atoms with Crippen LogP contribution in [0.5, 0.6) is 5.75 Å². The lowest BCUT2D eigenvalue weighted by Crippen LogP contribution is -2.32. The van der Waals surface area contributed by atoms with E-state index < -0.39 is 0 Å². The Balaban J connectivity index is 1.77. The lowest BCUT2D eigenvalue weighted by Gasteiger charge is -2.33. The Morgan fingerprint density at radius 3 is 2.46 bits per heavy atom. The van der Waals surface area contributed by atoms with Gasteiger partial charge in [0.25, 0.3) is 0 Å². The van der Waals surface area contributed by atoms with Gasteiger partial charge in [0, 0.05) is 33.3 Å². The summed E-state index contributed by atoms with van der Waals surface area (Å²) in [5.74, 6) is -0.300. The molecule has 6 heteroatoms. The van der Waals surface area contributed by atoms with Gasteiger partial charge in [-0.2, -0.15) is 0 Å². The molecule has 4 nitrogen and oxygen atoms in total. The van der Waals surface area contributed by atoms with Crippen LogP contribution in [0.4, 0.5) is 10.1 Å². The van der Waals surface area contributed by atoms with Crippen molar-refractivity contribution < 1.29 is 18.7 Å². The number of rotatable bonds is 5. The van der Waals surface area contributed by atoms with Crippen molar-refractivity contribution in [3.8, 4) is 16.9 Å². The number of methoxy groups -OCH3 is 1. The van der Waals surface area contributed by atoms with Gasteiger partial charge in [0.05, 0.1) is 12.6 Å². The van der Waals surface area contributed by atoms with Crippen LogP contribution in [-0.4, -0.2) is 18.6 Å². The fourth-order valence-electron chi connectivity index (χ4n) is 4.55. The van der Waals surface area contributed by atoms with Crippen LogP contribution in [0.1, 0.15) is 67.2 Å². The Morgan fingerprint density at radius 1 is 1.09 bits per heavy atom. The minimum atomic E-state index is -0.372. The van der Waals surface area contributed by atoms with Crippen molar-refractivity contribution in [2.45, 2.75) is 59.1 Å². The maximum absolute atomic E-state index is 13.9. The average Bonchev–Trinajstić information content (AvgIpc) is 3.27. The molecule has 3 aromatic rings. The van der Waals surface area contributed by atoms with Crippen molar-refractivity contribution in [2.24, 2.45) is 0 Å². The number of nitrogens with one attached hydrogen (secondary N) is 1. The highest BCUT2D eigenvalue weighted by molar-refractivity contribution is 7.14. The van der Waals surface area contributed by atoms with Crippen LogP contribution in [0.3, 0.4) is 0 Å². The summed E-state index contributed by atoms with van der Waals surface area (Å²) in [4.78, 5) is 14.7. The second-order valence-corrected chi connectivity index (χ2v) is 11.6. The molecule has 35 heavy (non-hydrogen) atoms. The predicted molar refractivity (Wildman–Crippen MR) is 142 cm³/mol. The van der Waals surface area contributed by atoms with Gasteiger partial charge in [-0.1, -0.05) is 32.9 Å². The number of halogens is 1. The molecule has 184 valence electrons. The normalized spacial score (nSPS) is 14.6. The van der Waals surface area contributed by atoms with E-state index in [9.17, 15) is 9.18 Å². The van der Waals surface area contributed by atoms with Gasteiger partial charge in [-0.25, -0.2) is 9.18 Å². The van der Waals surface area contributed by atoms with Crippen LogP contribution in [-0.2, 0) is 16.8 Å². The lowest BCUT2D eigenvalue weighted by atomic mass is 9.85. The summed E-state index contributed by atoms with van der Waals surface area (Å²) in [6.07, 6.45) is 2.17. The topological polar surface area (TPSA) is 47.6 Å². The number of carbonyl (C=O) groups excluding carboxylic acids is 1. The molecule has 0 amide bonds. The zero-order chi connectivity index (χ0) is 25.5. The smallest absolute Gasteiger partial charge is 0.348 e. The van der Waals surface area contributed by atoms with E-state index in [-0.39, 0.29) is 29.3 Å². The van der Waals surface area contributed by atoms with Gasteiger partial charge in [-0.15, -0.1) is 11.3 Å².